The lowest BCUT2D eigenvalue weighted by Crippen LogP contribution is -2.34. The van der Waals surface area contributed by atoms with Crippen molar-refractivity contribution >= 4 is 41.2 Å². The topological polar surface area (TPSA) is 102 Å². The smallest absolute Gasteiger partial charge is 0.337 e. The van der Waals surface area contributed by atoms with E-state index in [-0.39, 0.29) is 24.8 Å². The summed E-state index contributed by atoms with van der Waals surface area (Å²) in [7, 11) is 1.28. The molecule has 1 heterocycles. The zero-order valence-corrected chi connectivity index (χ0v) is 15.1. The summed E-state index contributed by atoms with van der Waals surface area (Å²) >= 11 is 1.17. The number of methoxy groups -OCH3 is 1. The zero-order chi connectivity index (χ0) is 19.1. The highest BCUT2D eigenvalue weighted by Gasteiger charge is 2.29. The molecule has 0 spiro atoms. The minimum absolute atomic E-state index is 0.159. The molecule has 1 fully saturated rings. The maximum Gasteiger partial charge on any atom is 0.337 e. The fraction of sp³-hybridized carbons (Fsp3) is 0.294. The predicted octanol–water partition coefficient (Wildman–Crippen LogP) is 1.39. The summed E-state index contributed by atoms with van der Waals surface area (Å²) in [6.45, 7) is 1.68. The molecule has 0 aromatic heterocycles. The molecule has 26 heavy (non-hydrogen) atoms. The van der Waals surface area contributed by atoms with E-state index in [1.165, 1.54) is 42.0 Å². The molecule has 0 bridgehead atoms. The Bertz CT molecular complexity index is 744. The van der Waals surface area contributed by atoms with Gasteiger partial charge in [-0.05, 0) is 31.2 Å². The molecule has 0 unspecified atom stereocenters. The first kappa shape index (κ1) is 19.5. The van der Waals surface area contributed by atoms with Gasteiger partial charge in [0.2, 0.25) is 11.8 Å². The first-order valence-electron chi connectivity index (χ1n) is 7.74. The number of hydrogen-bond acceptors (Lipinski definition) is 7. The van der Waals surface area contributed by atoms with E-state index in [2.05, 4.69) is 10.1 Å². The molecule has 1 aromatic rings. The lowest BCUT2D eigenvalue weighted by atomic mass is 10.2. The average molecular weight is 378 g/mol. The maximum absolute atomic E-state index is 12.2. The van der Waals surface area contributed by atoms with Crippen molar-refractivity contribution in [3.63, 3.8) is 0 Å². The summed E-state index contributed by atoms with van der Waals surface area (Å²) in [5.74, 6) is -1.57. The number of hydrogen-bond donors (Lipinski definition) is 1. The summed E-state index contributed by atoms with van der Waals surface area (Å²) < 4.78 is 9.42. The molecule has 1 aliphatic rings. The highest BCUT2D eigenvalue weighted by Crippen LogP contribution is 2.28. The van der Waals surface area contributed by atoms with Gasteiger partial charge >= 0.3 is 11.9 Å². The van der Waals surface area contributed by atoms with Crippen molar-refractivity contribution in [2.45, 2.75) is 6.92 Å². The standard InChI is InChI=1S/C17H18N2O6S/c1-3-25-16(22)8-15-19(14(21)10-26-15)9-13(20)18-12-6-4-11(5-7-12)17(23)24-2/h4-8H,3,9-10H2,1-2H3,(H,18,20)/b15-8-. The summed E-state index contributed by atoms with van der Waals surface area (Å²) in [5, 5.41) is 3.01. The van der Waals surface area contributed by atoms with Gasteiger partial charge in [-0.3, -0.25) is 14.5 Å². The number of ether oxygens (including phenoxy) is 2. The second-order valence-corrected chi connectivity index (χ2v) is 6.12. The van der Waals surface area contributed by atoms with Gasteiger partial charge in [0.05, 0.1) is 36.1 Å². The molecule has 8 nitrogen and oxygen atoms in total. The van der Waals surface area contributed by atoms with Gasteiger partial charge in [-0.2, -0.15) is 0 Å². The molecular formula is C17H18N2O6S. The molecule has 1 saturated heterocycles. The average Bonchev–Trinajstić information content (AvgIpc) is 2.95. The molecule has 2 rings (SSSR count). The first-order valence-corrected chi connectivity index (χ1v) is 8.73. The van der Waals surface area contributed by atoms with Gasteiger partial charge < -0.3 is 14.8 Å². The molecule has 9 heteroatoms. The Morgan fingerprint density at radius 2 is 1.96 bits per heavy atom. The number of benzene rings is 1. The molecule has 0 saturated carbocycles. The van der Waals surface area contributed by atoms with Crippen LogP contribution in [0.4, 0.5) is 5.69 Å². The summed E-state index contributed by atoms with van der Waals surface area (Å²) in [6, 6.07) is 6.15. The number of rotatable bonds is 6. The molecule has 1 aromatic carbocycles. The number of nitrogens with one attached hydrogen (secondary N) is 1. The first-order chi connectivity index (χ1) is 12.4. The zero-order valence-electron chi connectivity index (χ0n) is 14.3. The van der Waals surface area contributed by atoms with E-state index in [1.807, 2.05) is 0 Å². The van der Waals surface area contributed by atoms with E-state index in [9.17, 15) is 19.2 Å². The van der Waals surface area contributed by atoms with E-state index in [0.29, 0.717) is 16.3 Å². The minimum Gasteiger partial charge on any atom is -0.465 e. The van der Waals surface area contributed by atoms with Crippen LogP contribution in [0, 0.1) is 0 Å². The molecule has 0 aliphatic carbocycles. The summed E-state index contributed by atoms with van der Waals surface area (Å²) in [6.07, 6.45) is 1.21. The van der Waals surface area contributed by atoms with E-state index in [0.717, 1.165) is 0 Å². The van der Waals surface area contributed by atoms with Crippen molar-refractivity contribution in [3.05, 3.63) is 40.9 Å². The van der Waals surface area contributed by atoms with Crippen LogP contribution in [-0.4, -0.2) is 54.7 Å². The van der Waals surface area contributed by atoms with Crippen molar-refractivity contribution in [2.24, 2.45) is 0 Å². The van der Waals surface area contributed by atoms with Crippen molar-refractivity contribution in [3.8, 4) is 0 Å². The fourth-order valence-corrected chi connectivity index (χ4v) is 3.07. The van der Waals surface area contributed by atoms with Gasteiger partial charge in [0.15, 0.2) is 0 Å². The van der Waals surface area contributed by atoms with Crippen molar-refractivity contribution in [1.82, 2.24) is 4.90 Å². The quantitative estimate of drug-likeness (QED) is 0.589. The third kappa shape index (κ3) is 5.09. The monoisotopic (exact) mass is 378 g/mol. The molecule has 1 aliphatic heterocycles. The van der Waals surface area contributed by atoms with E-state index >= 15 is 0 Å². The van der Waals surface area contributed by atoms with Crippen LogP contribution >= 0.6 is 11.8 Å². The largest absolute Gasteiger partial charge is 0.465 e. The highest BCUT2D eigenvalue weighted by atomic mass is 32.2. The number of esters is 2. The van der Waals surface area contributed by atoms with Crippen LogP contribution in [0.1, 0.15) is 17.3 Å². The van der Waals surface area contributed by atoms with Crippen LogP contribution < -0.4 is 5.32 Å². The van der Waals surface area contributed by atoms with Crippen LogP contribution in [0.3, 0.4) is 0 Å². The normalized spacial score (nSPS) is 15.1. The summed E-state index contributed by atoms with van der Waals surface area (Å²) in [5.41, 5.74) is 0.828. The SMILES string of the molecule is CCOC(=O)/C=C1\SCC(=O)N1CC(=O)Nc1ccc(C(=O)OC)cc1. The third-order valence-corrected chi connectivity index (χ3v) is 4.36. The van der Waals surface area contributed by atoms with Crippen LogP contribution in [0.25, 0.3) is 0 Å². The number of carbonyl (C=O) groups is 4. The second kappa shape index (κ2) is 9.04. The highest BCUT2D eigenvalue weighted by molar-refractivity contribution is 8.04. The molecule has 0 radical (unpaired) electrons. The van der Waals surface area contributed by atoms with Gasteiger partial charge in [-0.25, -0.2) is 9.59 Å². The number of nitrogens with zero attached hydrogens (tertiary/aromatic N) is 1. The van der Waals surface area contributed by atoms with Crippen LogP contribution in [0.2, 0.25) is 0 Å². The van der Waals surface area contributed by atoms with Crippen LogP contribution in [0.5, 0.6) is 0 Å². The van der Waals surface area contributed by atoms with Gasteiger partial charge in [0.25, 0.3) is 0 Å². The van der Waals surface area contributed by atoms with E-state index in [1.54, 1.807) is 19.1 Å². The van der Waals surface area contributed by atoms with Crippen LogP contribution in [-0.2, 0) is 23.9 Å². The van der Waals surface area contributed by atoms with Gasteiger partial charge in [0, 0.05) is 5.69 Å². The Morgan fingerprint density at radius 3 is 2.58 bits per heavy atom. The lowest BCUT2D eigenvalue weighted by molar-refractivity contribution is -0.137. The van der Waals surface area contributed by atoms with E-state index in [4.69, 9.17) is 4.74 Å². The number of thioether (sulfide) groups is 1. The molecule has 0 atom stereocenters. The van der Waals surface area contributed by atoms with Gasteiger partial charge in [0.1, 0.15) is 6.54 Å². The second-order valence-electron chi connectivity index (χ2n) is 5.12. The Kier molecular flexibility index (Phi) is 6.79. The lowest BCUT2D eigenvalue weighted by Gasteiger charge is -2.16. The Balaban J connectivity index is 2.00. The van der Waals surface area contributed by atoms with E-state index < -0.39 is 17.8 Å². The van der Waals surface area contributed by atoms with Crippen LogP contribution in [0.15, 0.2) is 35.4 Å². The number of carbonyl (C=O) groups excluding carboxylic acids is 4. The molecular weight excluding hydrogens is 360 g/mol. The van der Waals surface area contributed by atoms with Crippen molar-refractivity contribution in [1.29, 1.82) is 0 Å². The maximum atomic E-state index is 12.2. The Morgan fingerprint density at radius 1 is 1.27 bits per heavy atom. The number of anilines is 1. The third-order valence-electron chi connectivity index (χ3n) is 3.33. The van der Waals surface area contributed by atoms with Gasteiger partial charge in [-0.15, -0.1) is 0 Å². The Labute approximate surface area is 154 Å². The summed E-state index contributed by atoms with van der Waals surface area (Å²) in [4.78, 5) is 48.3. The predicted molar refractivity (Wildman–Crippen MR) is 95.3 cm³/mol. The van der Waals surface area contributed by atoms with Crippen molar-refractivity contribution < 1.29 is 28.7 Å². The molecule has 138 valence electrons. The van der Waals surface area contributed by atoms with Gasteiger partial charge in [-0.1, -0.05) is 11.8 Å². The number of amides is 2. The Hall–Kier alpha value is -2.81. The molecule has 2 amide bonds. The van der Waals surface area contributed by atoms with Crippen molar-refractivity contribution in [2.75, 3.05) is 31.3 Å². The fourth-order valence-electron chi connectivity index (χ4n) is 2.14. The molecule has 1 N–H and O–H groups in total. The minimum atomic E-state index is -0.562.